The second-order valence-corrected chi connectivity index (χ2v) is 7.52. The molecule has 0 aromatic heterocycles. The molecule has 0 aliphatic heterocycles. The Morgan fingerprint density at radius 1 is 1.00 bits per heavy atom. The second-order valence-electron chi connectivity index (χ2n) is 4.68. The summed E-state index contributed by atoms with van der Waals surface area (Å²) >= 11 is 11.8. The first kappa shape index (κ1) is 16.8. The Morgan fingerprint density at radius 2 is 1.50 bits per heavy atom. The van der Waals surface area contributed by atoms with Gasteiger partial charge in [0.15, 0.2) is 5.78 Å². The van der Waals surface area contributed by atoms with Crippen molar-refractivity contribution in [3.05, 3.63) is 58.1 Å². The third-order valence-electron chi connectivity index (χ3n) is 3.13. The molecule has 0 heterocycles. The van der Waals surface area contributed by atoms with Crippen LogP contribution in [0.5, 0.6) is 0 Å². The molecule has 22 heavy (non-hydrogen) atoms. The molecule has 4 nitrogen and oxygen atoms in total. The van der Waals surface area contributed by atoms with E-state index in [4.69, 9.17) is 23.2 Å². The van der Waals surface area contributed by atoms with E-state index >= 15 is 0 Å². The van der Waals surface area contributed by atoms with Gasteiger partial charge in [0, 0.05) is 22.7 Å². The van der Waals surface area contributed by atoms with Crippen LogP contribution in [0.1, 0.15) is 17.3 Å². The van der Waals surface area contributed by atoms with Crippen LogP contribution >= 0.6 is 23.2 Å². The Kier molecular flexibility index (Phi) is 4.80. The van der Waals surface area contributed by atoms with Gasteiger partial charge in [0.2, 0.25) is 0 Å². The minimum atomic E-state index is -3.76. The van der Waals surface area contributed by atoms with Crippen LogP contribution in [-0.4, -0.2) is 21.2 Å². The summed E-state index contributed by atoms with van der Waals surface area (Å²) in [7, 11) is -2.35. The fraction of sp³-hybridized carbons (Fsp3) is 0.133. The topological polar surface area (TPSA) is 54.5 Å². The zero-order valence-corrected chi connectivity index (χ0v) is 14.2. The lowest BCUT2D eigenvalue weighted by Crippen LogP contribution is -2.26. The number of carbonyl (C=O) groups excluding carboxylic acids is 1. The van der Waals surface area contributed by atoms with Gasteiger partial charge in [0.1, 0.15) is 0 Å². The van der Waals surface area contributed by atoms with Crippen LogP contribution in [0.25, 0.3) is 0 Å². The second kappa shape index (κ2) is 6.28. The first-order valence-electron chi connectivity index (χ1n) is 6.28. The molecule has 7 heteroatoms. The first-order valence-corrected chi connectivity index (χ1v) is 8.47. The monoisotopic (exact) mass is 357 g/mol. The molecule has 0 unspecified atom stereocenters. The van der Waals surface area contributed by atoms with E-state index in [2.05, 4.69) is 0 Å². The highest BCUT2D eigenvalue weighted by Crippen LogP contribution is 2.28. The van der Waals surface area contributed by atoms with E-state index in [1.165, 1.54) is 56.4 Å². The van der Waals surface area contributed by atoms with Gasteiger partial charge in [-0.05, 0) is 37.3 Å². The Bertz CT molecular complexity index is 797. The van der Waals surface area contributed by atoms with Crippen LogP contribution in [0, 0.1) is 0 Å². The van der Waals surface area contributed by atoms with E-state index in [-0.39, 0.29) is 10.7 Å². The number of halogens is 2. The zero-order chi connectivity index (χ0) is 16.5. The maximum Gasteiger partial charge on any atom is 0.264 e. The van der Waals surface area contributed by atoms with Crippen LogP contribution < -0.4 is 4.31 Å². The lowest BCUT2D eigenvalue weighted by atomic mass is 10.2. The number of Topliss-reactive ketones (excluding diaryl/α,β-unsaturated/α-hetero) is 1. The van der Waals surface area contributed by atoms with Crippen LogP contribution in [-0.2, 0) is 10.0 Å². The summed E-state index contributed by atoms with van der Waals surface area (Å²) in [5.74, 6) is -0.126. The van der Waals surface area contributed by atoms with Gasteiger partial charge < -0.3 is 0 Å². The number of carbonyl (C=O) groups is 1. The third kappa shape index (κ3) is 3.43. The van der Waals surface area contributed by atoms with Crippen LogP contribution in [0.15, 0.2) is 47.4 Å². The highest BCUT2D eigenvalue weighted by molar-refractivity contribution is 7.92. The Balaban J connectivity index is 2.42. The van der Waals surface area contributed by atoms with Gasteiger partial charge in [-0.25, -0.2) is 8.42 Å². The van der Waals surface area contributed by atoms with E-state index in [1.807, 2.05) is 0 Å². The third-order valence-corrected chi connectivity index (χ3v) is 5.37. The summed E-state index contributed by atoms with van der Waals surface area (Å²) in [5.41, 5.74) is 0.806. The van der Waals surface area contributed by atoms with Crippen molar-refractivity contribution in [1.82, 2.24) is 0 Å². The fourth-order valence-electron chi connectivity index (χ4n) is 1.88. The van der Waals surface area contributed by atoms with Gasteiger partial charge >= 0.3 is 0 Å². The molecule has 2 aromatic rings. The maximum absolute atomic E-state index is 12.6. The van der Waals surface area contributed by atoms with Crippen LogP contribution in [0.4, 0.5) is 5.69 Å². The number of ketones is 1. The average Bonchev–Trinajstić information content (AvgIpc) is 2.45. The van der Waals surface area contributed by atoms with Gasteiger partial charge in [0.05, 0.1) is 10.6 Å². The molecular weight excluding hydrogens is 345 g/mol. The summed E-state index contributed by atoms with van der Waals surface area (Å²) < 4.78 is 26.3. The van der Waals surface area contributed by atoms with Gasteiger partial charge in [-0.1, -0.05) is 35.3 Å². The molecular formula is C15H13Cl2NO3S. The lowest BCUT2D eigenvalue weighted by Gasteiger charge is -2.20. The molecule has 0 amide bonds. The van der Waals surface area contributed by atoms with Crippen molar-refractivity contribution in [3.63, 3.8) is 0 Å². The smallest absolute Gasteiger partial charge is 0.264 e. The molecule has 0 saturated heterocycles. The molecule has 0 N–H and O–H groups in total. The molecule has 0 spiro atoms. The molecule has 0 saturated carbocycles. The first-order chi connectivity index (χ1) is 10.2. The Hall–Kier alpha value is -1.56. The molecule has 0 radical (unpaired) electrons. The number of benzene rings is 2. The Labute approximate surface area is 139 Å². The molecule has 0 fully saturated rings. The maximum atomic E-state index is 12.6. The minimum absolute atomic E-state index is 0.0797. The van der Waals surface area contributed by atoms with Crippen molar-refractivity contribution in [2.24, 2.45) is 0 Å². The quantitative estimate of drug-likeness (QED) is 0.776. The highest BCUT2D eigenvalue weighted by Gasteiger charge is 2.22. The molecule has 2 rings (SSSR count). The number of nitrogens with zero attached hydrogens (tertiary/aromatic N) is 1. The van der Waals surface area contributed by atoms with E-state index in [0.717, 1.165) is 4.31 Å². The van der Waals surface area contributed by atoms with Crippen LogP contribution in [0.2, 0.25) is 10.0 Å². The molecule has 0 aliphatic rings. The summed E-state index contributed by atoms with van der Waals surface area (Å²) in [4.78, 5) is 11.3. The standard InChI is InChI=1S/C15H13Cl2NO3S/c1-10(19)11-3-5-15(6-4-11)22(20,21)18(2)14-8-12(16)7-13(17)9-14/h3-9H,1-2H3. The van der Waals surface area contributed by atoms with Crippen molar-refractivity contribution in [2.75, 3.05) is 11.4 Å². The molecule has 0 bridgehead atoms. The van der Waals surface area contributed by atoms with Gasteiger partial charge in [-0.2, -0.15) is 0 Å². The van der Waals surface area contributed by atoms with Crippen molar-refractivity contribution in [2.45, 2.75) is 11.8 Å². The highest BCUT2D eigenvalue weighted by atomic mass is 35.5. The number of rotatable bonds is 4. The average molecular weight is 358 g/mol. The Morgan fingerprint density at radius 3 is 1.95 bits per heavy atom. The number of anilines is 1. The number of sulfonamides is 1. The summed E-state index contributed by atoms with van der Waals surface area (Å²) in [5, 5.41) is 0.688. The molecule has 116 valence electrons. The predicted octanol–water partition coefficient (Wildman–Crippen LogP) is 4.02. The largest absolute Gasteiger partial charge is 0.295 e. The number of hydrogen-bond donors (Lipinski definition) is 0. The van der Waals surface area contributed by atoms with Crippen molar-refractivity contribution in [3.8, 4) is 0 Å². The van der Waals surface area contributed by atoms with E-state index in [9.17, 15) is 13.2 Å². The summed E-state index contributed by atoms with van der Waals surface area (Å²) in [6, 6.07) is 10.3. The SMILES string of the molecule is CC(=O)c1ccc(S(=O)(=O)N(C)c2cc(Cl)cc(Cl)c2)cc1. The summed E-state index contributed by atoms with van der Waals surface area (Å²) in [6.07, 6.45) is 0. The van der Waals surface area contributed by atoms with E-state index < -0.39 is 10.0 Å². The predicted molar refractivity (Wildman–Crippen MR) is 88.5 cm³/mol. The van der Waals surface area contributed by atoms with Gasteiger partial charge in [-0.3, -0.25) is 9.10 Å². The van der Waals surface area contributed by atoms with E-state index in [0.29, 0.717) is 21.3 Å². The van der Waals surface area contributed by atoms with Gasteiger partial charge in [0.25, 0.3) is 10.0 Å². The van der Waals surface area contributed by atoms with Crippen molar-refractivity contribution >= 4 is 44.7 Å². The van der Waals surface area contributed by atoms with Crippen LogP contribution in [0.3, 0.4) is 0 Å². The van der Waals surface area contributed by atoms with Crippen molar-refractivity contribution in [1.29, 1.82) is 0 Å². The normalized spacial score (nSPS) is 11.3. The summed E-state index contributed by atoms with van der Waals surface area (Å²) in [6.45, 7) is 1.42. The molecule has 2 aromatic carbocycles. The number of hydrogen-bond acceptors (Lipinski definition) is 3. The van der Waals surface area contributed by atoms with Gasteiger partial charge in [-0.15, -0.1) is 0 Å². The zero-order valence-electron chi connectivity index (χ0n) is 11.9. The van der Waals surface area contributed by atoms with Crippen molar-refractivity contribution < 1.29 is 13.2 Å². The minimum Gasteiger partial charge on any atom is -0.295 e. The molecule has 0 aliphatic carbocycles. The lowest BCUT2D eigenvalue weighted by molar-refractivity contribution is 0.101. The fourth-order valence-corrected chi connectivity index (χ4v) is 3.57. The van der Waals surface area contributed by atoms with E-state index in [1.54, 1.807) is 0 Å². The molecule has 0 atom stereocenters.